The minimum atomic E-state index is -0.801. The van der Waals surface area contributed by atoms with Crippen LogP contribution in [-0.2, 0) is 4.79 Å². The number of carboxylic acid groups (broad SMARTS) is 1. The van der Waals surface area contributed by atoms with E-state index in [2.05, 4.69) is 5.32 Å². The highest BCUT2D eigenvalue weighted by atomic mass is 32.2. The Hall–Kier alpha value is -1.07. The minimum Gasteiger partial charge on any atom is -0.481 e. The van der Waals surface area contributed by atoms with Crippen molar-refractivity contribution in [1.82, 2.24) is 0 Å². The molecule has 0 fully saturated rings. The van der Waals surface area contributed by atoms with Gasteiger partial charge >= 0.3 is 5.97 Å². The fraction of sp³-hybridized carbons (Fsp3) is 0.200. The molecule has 1 aromatic rings. The van der Waals surface area contributed by atoms with Gasteiger partial charge in [-0.15, -0.1) is 0 Å². The number of hydrogen-bond acceptors (Lipinski definition) is 3. The van der Waals surface area contributed by atoms with E-state index in [1.807, 2.05) is 30.3 Å². The Balaban J connectivity index is 2.28. The quantitative estimate of drug-likeness (QED) is 0.793. The first-order chi connectivity index (χ1) is 7.18. The number of thiocarbonyl (C=S) groups is 1. The lowest BCUT2D eigenvalue weighted by atomic mass is 10.3. The third-order valence-electron chi connectivity index (χ3n) is 1.57. The molecule has 0 spiro atoms. The number of hydrogen-bond donors (Lipinski definition) is 2. The standard InChI is InChI=1S/C10H11NO2S2/c12-9(13)6-7-15-10(14)11-8-4-2-1-3-5-8/h1-5H,6-7H2,(H,11,14)(H,12,13). The van der Waals surface area contributed by atoms with E-state index >= 15 is 0 Å². The Morgan fingerprint density at radius 3 is 2.67 bits per heavy atom. The number of benzene rings is 1. The van der Waals surface area contributed by atoms with E-state index in [1.165, 1.54) is 11.8 Å². The fourth-order valence-corrected chi connectivity index (χ4v) is 1.93. The van der Waals surface area contributed by atoms with Crippen LogP contribution in [0.25, 0.3) is 0 Å². The predicted octanol–water partition coefficient (Wildman–Crippen LogP) is 2.59. The molecule has 0 heterocycles. The van der Waals surface area contributed by atoms with Crippen molar-refractivity contribution in [3.63, 3.8) is 0 Å². The maximum absolute atomic E-state index is 10.3. The van der Waals surface area contributed by atoms with Gasteiger partial charge in [-0.2, -0.15) is 0 Å². The van der Waals surface area contributed by atoms with Crippen LogP contribution in [-0.4, -0.2) is 21.1 Å². The summed E-state index contributed by atoms with van der Waals surface area (Å²) in [5.41, 5.74) is 0.922. The number of rotatable bonds is 4. The van der Waals surface area contributed by atoms with Crippen LogP contribution in [0.2, 0.25) is 0 Å². The van der Waals surface area contributed by atoms with E-state index in [1.54, 1.807) is 0 Å². The Bertz CT molecular complexity index is 341. The molecule has 3 nitrogen and oxygen atoms in total. The van der Waals surface area contributed by atoms with Crippen LogP contribution < -0.4 is 5.32 Å². The topological polar surface area (TPSA) is 49.3 Å². The van der Waals surface area contributed by atoms with Gasteiger partial charge in [-0.1, -0.05) is 42.2 Å². The number of thioether (sulfide) groups is 1. The number of anilines is 1. The van der Waals surface area contributed by atoms with Gasteiger partial charge in [0.2, 0.25) is 0 Å². The summed E-state index contributed by atoms with van der Waals surface area (Å²) in [5, 5.41) is 11.5. The molecule has 5 heteroatoms. The van der Waals surface area contributed by atoms with Gasteiger partial charge < -0.3 is 10.4 Å². The molecular weight excluding hydrogens is 230 g/mol. The van der Waals surface area contributed by atoms with Crippen molar-refractivity contribution in [2.45, 2.75) is 6.42 Å². The van der Waals surface area contributed by atoms with Gasteiger partial charge in [-0.05, 0) is 12.1 Å². The van der Waals surface area contributed by atoms with Gasteiger partial charge in [0.05, 0.1) is 6.42 Å². The van der Waals surface area contributed by atoms with E-state index in [9.17, 15) is 4.79 Å². The van der Waals surface area contributed by atoms with Crippen LogP contribution in [0.15, 0.2) is 30.3 Å². The summed E-state index contributed by atoms with van der Waals surface area (Å²) in [4.78, 5) is 10.3. The molecule has 1 rings (SSSR count). The van der Waals surface area contributed by atoms with E-state index in [-0.39, 0.29) is 6.42 Å². The monoisotopic (exact) mass is 241 g/mol. The van der Waals surface area contributed by atoms with Gasteiger partial charge in [-0.3, -0.25) is 4.79 Å². The van der Waals surface area contributed by atoms with Crippen LogP contribution in [0.5, 0.6) is 0 Å². The second-order valence-corrected chi connectivity index (χ2v) is 4.54. The number of carboxylic acids is 1. The van der Waals surface area contributed by atoms with Crippen molar-refractivity contribution < 1.29 is 9.90 Å². The van der Waals surface area contributed by atoms with Crippen LogP contribution in [0.3, 0.4) is 0 Å². The summed E-state index contributed by atoms with van der Waals surface area (Å²) in [6.45, 7) is 0. The molecular formula is C10H11NO2S2. The van der Waals surface area contributed by atoms with Crippen LogP contribution >= 0.6 is 24.0 Å². The van der Waals surface area contributed by atoms with Crippen LogP contribution in [0.1, 0.15) is 6.42 Å². The SMILES string of the molecule is O=C(O)CCSC(=S)Nc1ccccc1. The van der Waals surface area contributed by atoms with Crippen molar-refractivity contribution in [2.24, 2.45) is 0 Å². The largest absolute Gasteiger partial charge is 0.481 e. The summed E-state index contributed by atoms with van der Waals surface area (Å²) in [7, 11) is 0. The lowest BCUT2D eigenvalue weighted by molar-refractivity contribution is -0.136. The molecule has 0 amide bonds. The summed E-state index contributed by atoms with van der Waals surface area (Å²) < 4.78 is 0.599. The molecule has 0 atom stereocenters. The van der Waals surface area contributed by atoms with Crippen molar-refractivity contribution in [1.29, 1.82) is 0 Å². The fourth-order valence-electron chi connectivity index (χ4n) is 0.906. The molecule has 0 aliphatic heterocycles. The van der Waals surface area contributed by atoms with Gasteiger partial charge in [-0.25, -0.2) is 0 Å². The zero-order chi connectivity index (χ0) is 11.1. The third kappa shape index (κ3) is 5.39. The summed E-state index contributed by atoms with van der Waals surface area (Å²) in [6.07, 6.45) is 0.126. The lowest BCUT2D eigenvalue weighted by Gasteiger charge is -2.05. The van der Waals surface area contributed by atoms with Crippen molar-refractivity contribution >= 4 is 40.0 Å². The average molecular weight is 241 g/mol. The molecule has 15 heavy (non-hydrogen) atoms. The first kappa shape index (κ1) is 12.0. The lowest BCUT2D eigenvalue weighted by Crippen LogP contribution is -2.06. The first-order valence-corrected chi connectivity index (χ1v) is 5.78. The second kappa shape index (κ2) is 6.42. The van der Waals surface area contributed by atoms with E-state index < -0.39 is 5.97 Å². The number of carbonyl (C=O) groups is 1. The van der Waals surface area contributed by atoms with Crippen molar-refractivity contribution in [3.05, 3.63) is 30.3 Å². The van der Waals surface area contributed by atoms with Crippen LogP contribution in [0, 0.1) is 0 Å². The molecule has 0 radical (unpaired) electrons. The molecule has 0 saturated carbocycles. The Labute approximate surface area is 97.9 Å². The summed E-state index contributed by atoms with van der Waals surface area (Å²) in [6, 6.07) is 9.56. The molecule has 0 bridgehead atoms. The highest BCUT2D eigenvalue weighted by Crippen LogP contribution is 2.11. The molecule has 0 aliphatic carbocycles. The maximum atomic E-state index is 10.3. The summed E-state index contributed by atoms with van der Waals surface area (Å²) in [5.74, 6) is -0.307. The average Bonchev–Trinajstić information content (AvgIpc) is 2.18. The van der Waals surface area contributed by atoms with Gasteiger partial charge in [0.15, 0.2) is 0 Å². The highest BCUT2D eigenvalue weighted by Gasteiger charge is 2.01. The summed E-state index contributed by atoms with van der Waals surface area (Å²) >= 11 is 6.39. The number of nitrogens with one attached hydrogen (secondary N) is 1. The number of para-hydroxylation sites is 1. The van der Waals surface area contributed by atoms with E-state index in [0.29, 0.717) is 10.1 Å². The van der Waals surface area contributed by atoms with Gasteiger partial charge in [0.1, 0.15) is 4.32 Å². The molecule has 80 valence electrons. The smallest absolute Gasteiger partial charge is 0.304 e. The maximum Gasteiger partial charge on any atom is 0.304 e. The Kier molecular flexibility index (Phi) is 5.14. The molecule has 2 N–H and O–H groups in total. The number of aliphatic carboxylic acids is 1. The normalized spacial score (nSPS) is 9.60. The third-order valence-corrected chi connectivity index (χ3v) is 2.80. The first-order valence-electron chi connectivity index (χ1n) is 4.39. The van der Waals surface area contributed by atoms with E-state index in [0.717, 1.165) is 5.69 Å². The molecule has 0 unspecified atom stereocenters. The zero-order valence-corrected chi connectivity index (χ0v) is 9.61. The zero-order valence-electron chi connectivity index (χ0n) is 7.97. The Morgan fingerprint density at radius 2 is 2.07 bits per heavy atom. The van der Waals surface area contributed by atoms with Crippen molar-refractivity contribution in [3.8, 4) is 0 Å². The predicted molar refractivity (Wildman–Crippen MR) is 67.4 cm³/mol. The minimum absolute atomic E-state index is 0.126. The van der Waals surface area contributed by atoms with Crippen LogP contribution in [0.4, 0.5) is 5.69 Å². The molecule has 1 aromatic carbocycles. The molecule has 0 aromatic heterocycles. The van der Waals surface area contributed by atoms with Gasteiger partial charge in [0.25, 0.3) is 0 Å². The highest BCUT2D eigenvalue weighted by molar-refractivity contribution is 8.23. The molecule has 0 saturated heterocycles. The van der Waals surface area contributed by atoms with E-state index in [4.69, 9.17) is 17.3 Å². The molecule has 0 aliphatic rings. The van der Waals surface area contributed by atoms with Crippen molar-refractivity contribution in [2.75, 3.05) is 11.1 Å². The Morgan fingerprint density at radius 1 is 1.40 bits per heavy atom. The second-order valence-electron chi connectivity index (χ2n) is 2.77. The van der Waals surface area contributed by atoms with Gasteiger partial charge in [0, 0.05) is 11.4 Å².